The van der Waals surface area contributed by atoms with Gasteiger partial charge in [-0.25, -0.2) is 4.79 Å². The van der Waals surface area contributed by atoms with Crippen molar-refractivity contribution in [1.82, 2.24) is 10.2 Å². The van der Waals surface area contributed by atoms with Gasteiger partial charge in [0.15, 0.2) is 6.04 Å². The summed E-state index contributed by atoms with van der Waals surface area (Å²) in [6.07, 6.45) is -6.08. The number of carbonyl (C=O) groups excluding carboxylic acids is 2. The van der Waals surface area contributed by atoms with Gasteiger partial charge in [0.1, 0.15) is 30.6 Å². The van der Waals surface area contributed by atoms with Crippen molar-refractivity contribution in [3.63, 3.8) is 0 Å². The van der Waals surface area contributed by atoms with E-state index in [1.54, 1.807) is 0 Å². The van der Waals surface area contributed by atoms with E-state index in [-0.39, 0.29) is 18.9 Å². The Morgan fingerprint density at radius 3 is 2.48 bits per heavy atom. The van der Waals surface area contributed by atoms with Crippen molar-refractivity contribution in [2.75, 3.05) is 13.1 Å². The number of β-lactam (4-membered cyclic amide) rings is 1. The molecule has 7 atom stereocenters. The molecule has 0 aromatic carbocycles. The van der Waals surface area contributed by atoms with E-state index in [9.17, 15) is 29.7 Å². The Morgan fingerprint density at radius 2 is 2.00 bits per heavy atom. The second-order valence-corrected chi connectivity index (χ2v) is 6.01. The zero-order valence-electron chi connectivity index (χ0n) is 13.2. The summed E-state index contributed by atoms with van der Waals surface area (Å²) in [4.78, 5) is 36.0. The van der Waals surface area contributed by atoms with E-state index < -0.39 is 61.1 Å². The molecule has 0 aromatic rings. The summed E-state index contributed by atoms with van der Waals surface area (Å²) < 4.78 is 5.39. The second kappa shape index (κ2) is 7.59. The number of nitrogens with zero attached hydrogens (tertiary/aromatic N) is 1. The van der Waals surface area contributed by atoms with Gasteiger partial charge in [-0.05, 0) is 0 Å². The van der Waals surface area contributed by atoms with Crippen molar-refractivity contribution in [3.8, 4) is 0 Å². The summed E-state index contributed by atoms with van der Waals surface area (Å²) in [7, 11) is 0. The molecule has 2 rings (SSSR count). The fraction of sp³-hybridized carbons (Fsp3) is 0.769. The number of carboxylic acids is 1. The molecule has 25 heavy (non-hydrogen) atoms. The first-order chi connectivity index (χ1) is 11.7. The van der Waals surface area contributed by atoms with Gasteiger partial charge in [-0.3, -0.25) is 9.59 Å². The summed E-state index contributed by atoms with van der Waals surface area (Å²) in [6, 6.07) is -3.43. The molecule has 0 spiro atoms. The van der Waals surface area contributed by atoms with Gasteiger partial charge in [0.25, 0.3) is 0 Å². The normalized spacial score (nSPS) is 28.4. The van der Waals surface area contributed by atoms with Crippen LogP contribution in [0.2, 0.25) is 0 Å². The van der Waals surface area contributed by atoms with Crippen LogP contribution in [0, 0.1) is 0 Å². The van der Waals surface area contributed by atoms with Gasteiger partial charge in [-0.2, -0.15) is 0 Å². The third-order valence-electron chi connectivity index (χ3n) is 4.32. The number of aliphatic hydroxyl groups excluding tert-OH is 3. The van der Waals surface area contributed by atoms with Crippen LogP contribution in [0.4, 0.5) is 0 Å². The van der Waals surface area contributed by atoms with Crippen LogP contribution >= 0.6 is 0 Å². The summed E-state index contributed by atoms with van der Waals surface area (Å²) in [5.74, 6) is -2.81. The minimum atomic E-state index is -1.87. The van der Waals surface area contributed by atoms with Crippen LogP contribution < -0.4 is 16.8 Å². The van der Waals surface area contributed by atoms with Crippen LogP contribution in [0.1, 0.15) is 6.42 Å². The average molecular weight is 362 g/mol. The predicted octanol–water partition coefficient (Wildman–Crippen LogP) is -5.12. The minimum Gasteiger partial charge on any atom is -0.480 e. The minimum absolute atomic E-state index is 0.0719. The molecule has 142 valence electrons. The molecule has 0 bridgehead atoms. The zero-order chi connectivity index (χ0) is 18.9. The van der Waals surface area contributed by atoms with Crippen LogP contribution in [-0.4, -0.2) is 98.9 Å². The van der Waals surface area contributed by atoms with E-state index in [0.717, 1.165) is 0 Å². The smallest absolute Gasteiger partial charge is 0.329 e. The van der Waals surface area contributed by atoms with Crippen LogP contribution in [0.3, 0.4) is 0 Å². The number of hydrogen-bond donors (Lipinski definition) is 7. The highest BCUT2D eigenvalue weighted by atomic mass is 16.5. The predicted molar refractivity (Wildman–Crippen MR) is 79.6 cm³/mol. The fourth-order valence-electron chi connectivity index (χ4n) is 2.68. The maximum atomic E-state index is 12.1. The van der Waals surface area contributed by atoms with Crippen LogP contribution in [0.5, 0.6) is 0 Å². The lowest BCUT2D eigenvalue weighted by molar-refractivity contribution is -0.159. The highest BCUT2D eigenvalue weighted by Crippen LogP contribution is 2.30. The lowest BCUT2D eigenvalue weighted by Gasteiger charge is -2.31. The van der Waals surface area contributed by atoms with Gasteiger partial charge >= 0.3 is 5.97 Å². The number of carbonyl (C=O) groups is 3. The number of carboxylic acid groups (broad SMARTS) is 1. The Morgan fingerprint density at radius 1 is 1.36 bits per heavy atom. The molecule has 2 saturated heterocycles. The van der Waals surface area contributed by atoms with E-state index >= 15 is 0 Å². The summed E-state index contributed by atoms with van der Waals surface area (Å²) in [5, 5.41) is 40.4. The molecule has 2 heterocycles. The SMILES string of the molecule is NC[C@@H](O)C(O)[C@@H](NC(=O)[C@H](N)C(O)[C@H]1CN2C(=O)CC2O1)C(=O)O. The van der Waals surface area contributed by atoms with Gasteiger partial charge < -0.3 is 46.8 Å². The zero-order valence-corrected chi connectivity index (χ0v) is 13.2. The number of rotatable bonds is 8. The van der Waals surface area contributed by atoms with Gasteiger partial charge in [0.05, 0.1) is 19.1 Å². The molecule has 2 fully saturated rings. The molecule has 12 heteroatoms. The molecule has 2 aliphatic heterocycles. The molecule has 0 saturated carbocycles. The highest BCUT2D eigenvalue weighted by Gasteiger charge is 2.49. The third kappa shape index (κ3) is 3.89. The Bertz CT molecular complexity index is 546. The Balaban J connectivity index is 1.95. The first kappa shape index (κ1) is 19.5. The van der Waals surface area contributed by atoms with Crippen LogP contribution in [0.25, 0.3) is 0 Å². The quantitative estimate of drug-likeness (QED) is 0.204. The number of fused-ring (bicyclic) bond motifs is 1. The first-order valence-electron chi connectivity index (χ1n) is 7.65. The molecule has 3 unspecified atom stereocenters. The van der Waals surface area contributed by atoms with Crippen molar-refractivity contribution < 1.29 is 39.5 Å². The molecular formula is C13H22N4O8. The molecule has 9 N–H and O–H groups in total. The van der Waals surface area contributed by atoms with E-state index in [1.165, 1.54) is 4.90 Å². The van der Waals surface area contributed by atoms with E-state index in [2.05, 4.69) is 0 Å². The van der Waals surface area contributed by atoms with Gasteiger partial charge in [0.2, 0.25) is 11.8 Å². The van der Waals surface area contributed by atoms with Gasteiger partial charge in [0, 0.05) is 6.54 Å². The Kier molecular flexibility index (Phi) is 5.92. The number of nitrogens with one attached hydrogen (secondary N) is 1. The topological polar surface area (TPSA) is 209 Å². The number of hydrogen-bond acceptors (Lipinski definition) is 9. The Hall–Kier alpha value is -1.83. The number of aliphatic hydroxyl groups is 3. The average Bonchev–Trinajstić information content (AvgIpc) is 2.93. The maximum absolute atomic E-state index is 12.1. The molecule has 12 nitrogen and oxygen atoms in total. The lowest BCUT2D eigenvalue weighted by atomic mass is 10.0. The van der Waals surface area contributed by atoms with Crippen molar-refractivity contribution in [2.24, 2.45) is 11.5 Å². The summed E-state index contributed by atoms with van der Waals surface area (Å²) in [5.41, 5.74) is 10.8. The third-order valence-corrected chi connectivity index (χ3v) is 4.32. The largest absolute Gasteiger partial charge is 0.480 e. The number of ether oxygens (including phenoxy) is 1. The summed E-state index contributed by atoms with van der Waals surface area (Å²) in [6.45, 7) is -0.348. The van der Waals surface area contributed by atoms with Crippen LogP contribution in [0.15, 0.2) is 0 Å². The molecule has 0 aromatic heterocycles. The standard InChI is InChI=1S/C13H22N4O8/c14-2-4(18)10(20)9(13(23)24)16-12(22)8(15)11(21)5-3-17-6(19)1-7(17)25-5/h4-5,7-11,18,20-21H,1-3,14-15H2,(H,16,22)(H,23,24)/t4-,5-,7?,8-,9-,10?,11?/m1/s1. The molecule has 0 radical (unpaired) electrons. The van der Waals surface area contributed by atoms with E-state index in [0.29, 0.717) is 0 Å². The van der Waals surface area contributed by atoms with Crippen LogP contribution in [-0.2, 0) is 19.1 Å². The van der Waals surface area contributed by atoms with Gasteiger partial charge in [-0.15, -0.1) is 0 Å². The molecule has 2 amide bonds. The van der Waals surface area contributed by atoms with Crippen molar-refractivity contribution in [2.45, 2.75) is 49.1 Å². The molecule has 2 aliphatic rings. The second-order valence-electron chi connectivity index (χ2n) is 6.01. The molecule has 0 aliphatic carbocycles. The van der Waals surface area contributed by atoms with E-state index in [1.807, 2.05) is 5.32 Å². The van der Waals surface area contributed by atoms with Crippen molar-refractivity contribution in [3.05, 3.63) is 0 Å². The number of nitrogens with two attached hydrogens (primary N) is 2. The highest BCUT2D eigenvalue weighted by molar-refractivity contribution is 5.87. The monoisotopic (exact) mass is 362 g/mol. The van der Waals surface area contributed by atoms with E-state index in [4.69, 9.17) is 21.3 Å². The summed E-state index contributed by atoms with van der Waals surface area (Å²) >= 11 is 0. The number of amides is 2. The Labute approximate surface area is 142 Å². The molecular weight excluding hydrogens is 340 g/mol. The lowest BCUT2D eigenvalue weighted by Crippen LogP contribution is -2.60. The first-order valence-corrected chi connectivity index (χ1v) is 7.65. The maximum Gasteiger partial charge on any atom is 0.329 e. The van der Waals surface area contributed by atoms with Crippen molar-refractivity contribution in [1.29, 1.82) is 0 Å². The van der Waals surface area contributed by atoms with Gasteiger partial charge in [-0.1, -0.05) is 0 Å². The number of aliphatic carboxylic acids is 1. The van der Waals surface area contributed by atoms with Crippen molar-refractivity contribution >= 4 is 17.8 Å². The fourth-order valence-corrected chi connectivity index (χ4v) is 2.68.